The van der Waals surface area contributed by atoms with Crippen LogP contribution in [0.2, 0.25) is 0 Å². The summed E-state index contributed by atoms with van der Waals surface area (Å²) in [7, 11) is -3.65. The third-order valence-electron chi connectivity index (χ3n) is 7.41. The summed E-state index contributed by atoms with van der Waals surface area (Å²) in [5.74, 6) is 0.0467. The van der Waals surface area contributed by atoms with Crippen molar-refractivity contribution in [3.8, 4) is 0 Å². The molecule has 0 bridgehead atoms. The van der Waals surface area contributed by atoms with Gasteiger partial charge in [0.1, 0.15) is 0 Å². The van der Waals surface area contributed by atoms with Crippen molar-refractivity contribution in [2.45, 2.75) is 31.6 Å². The monoisotopic (exact) mass is 455 g/mol. The van der Waals surface area contributed by atoms with Crippen molar-refractivity contribution in [2.75, 3.05) is 13.1 Å². The van der Waals surface area contributed by atoms with E-state index in [9.17, 15) is 13.2 Å². The number of hydrogen-bond acceptors (Lipinski definition) is 3. The predicted octanol–water partition coefficient (Wildman–Crippen LogP) is 5.44. The van der Waals surface area contributed by atoms with Gasteiger partial charge in [-0.3, -0.25) is 4.79 Å². The van der Waals surface area contributed by atoms with Crippen LogP contribution in [-0.2, 0) is 10.0 Å². The molecular weight excluding hydrogens is 430 g/mol. The number of ketones is 1. The van der Waals surface area contributed by atoms with E-state index in [2.05, 4.69) is 0 Å². The largest absolute Gasteiger partial charge is 0.289 e. The summed E-state index contributed by atoms with van der Waals surface area (Å²) in [6, 6.07) is 20.8. The van der Waals surface area contributed by atoms with E-state index in [0.29, 0.717) is 17.0 Å². The standard InChI is InChI=1S/C28H25NO3S/c1-18-10-12-21(13-11-18)33(31,32)29-16-19(2)25-24(17-29)26(28(25)14-15-28)27(30)23-9-5-7-20-6-3-4-8-22(20)23/h3-13H,14-17H2,1-2H3. The summed E-state index contributed by atoms with van der Waals surface area (Å²) in [6.45, 7) is 4.60. The van der Waals surface area contributed by atoms with E-state index in [1.165, 1.54) is 9.88 Å². The highest BCUT2D eigenvalue weighted by Gasteiger charge is 2.62. The lowest BCUT2D eigenvalue weighted by Gasteiger charge is -2.44. The van der Waals surface area contributed by atoms with Gasteiger partial charge < -0.3 is 0 Å². The molecule has 0 amide bonds. The Kier molecular flexibility index (Phi) is 4.36. The molecule has 0 saturated heterocycles. The van der Waals surface area contributed by atoms with Crippen LogP contribution in [0.3, 0.4) is 0 Å². The van der Waals surface area contributed by atoms with Crippen molar-refractivity contribution < 1.29 is 13.2 Å². The Labute approximate surface area is 194 Å². The van der Waals surface area contributed by atoms with Crippen LogP contribution in [0.25, 0.3) is 10.8 Å². The van der Waals surface area contributed by atoms with E-state index in [4.69, 9.17) is 0 Å². The molecule has 4 nitrogen and oxygen atoms in total. The van der Waals surface area contributed by atoms with Crippen LogP contribution in [-0.4, -0.2) is 31.6 Å². The zero-order valence-electron chi connectivity index (χ0n) is 18.8. The second kappa shape index (κ2) is 6.99. The first-order valence-electron chi connectivity index (χ1n) is 11.4. The highest BCUT2D eigenvalue weighted by molar-refractivity contribution is 7.89. The number of aryl methyl sites for hydroxylation is 1. The first-order chi connectivity index (χ1) is 15.8. The number of benzene rings is 3. The lowest BCUT2D eigenvalue weighted by Crippen LogP contribution is -2.45. The van der Waals surface area contributed by atoms with Gasteiger partial charge in [0, 0.05) is 29.6 Å². The molecule has 166 valence electrons. The maximum absolute atomic E-state index is 13.9. The Balaban J connectivity index is 1.44. The summed E-state index contributed by atoms with van der Waals surface area (Å²) >= 11 is 0. The maximum Gasteiger partial charge on any atom is 0.243 e. The third-order valence-corrected chi connectivity index (χ3v) is 9.21. The second-order valence-electron chi connectivity index (χ2n) is 9.53. The van der Waals surface area contributed by atoms with Crippen LogP contribution in [0.1, 0.15) is 35.7 Å². The van der Waals surface area contributed by atoms with Crippen molar-refractivity contribution in [3.05, 3.63) is 100 Å². The van der Waals surface area contributed by atoms with Crippen molar-refractivity contribution in [3.63, 3.8) is 0 Å². The second-order valence-corrected chi connectivity index (χ2v) is 11.5. The Hall–Kier alpha value is -3.02. The van der Waals surface area contributed by atoms with Gasteiger partial charge in [-0.05, 0) is 60.7 Å². The van der Waals surface area contributed by atoms with Gasteiger partial charge >= 0.3 is 0 Å². The highest BCUT2D eigenvalue weighted by atomic mass is 32.2. The molecule has 33 heavy (non-hydrogen) atoms. The van der Waals surface area contributed by atoms with Gasteiger partial charge in [0.2, 0.25) is 10.0 Å². The number of hydrogen-bond donors (Lipinski definition) is 0. The fourth-order valence-corrected chi connectivity index (χ4v) is 7.17. The molecule has 5 heteroatoms. The van der Waals surface area contributed by atoms with E-state index in [1.807, 2.05) is 68.4 Å². The zero-order chi connectivity index (χ0) is 23.0. The topological polar surface area (TPSA) is 54.5 Å². The molecular formula is C28H25NO3S. The summed E-state index contributed by atoms with van der Waals surface area (Å²) in [5.41, 5.74) is 5.62. The van der Waals surface area contributed by atoms with E-state index in [1.54, 1.807) is 12.1 Å². The zero-order valence-corrected chi connectivity index (χ0v) is 19.6. The SMILES string of the molecule is CC1=C2C(=C(C(=O)c3cccc4ccccc34)C23CC3)CN(S(=O)(=O)c2ccc(C)cc2)C1. The molecule has 1 saturated carbocycles. The number of carbonyl (C=O) groups excluding carboxylic acids is 1. The minimum atomic E-state index is -3.65. The first kappa shape index (κ1) is 20.6. The van der Waals surface area contributed by atoms with Gasteiger partial charge in [-0.15, -0.1) is 0 Å². The molecule has 3 aromatic rings. The van der Waals surface area contributed by atoms with Crippen LogP contribution in [0.4, 0.5) is 0 Å². The van der Waals surface area contributed by atoms with Crippen LogP contribution >= 0.6 is 0 Å². The lowest BCUT2D eigenvalue weighted by atomic mass is 9.64. The van der Waals surface area contributed by atoms with Crippen molar-refractivity contribution in [1.82, 2.24) is 4.31 Å². The van der Waals surface area contributed by atoms with E-state index < -0.39 is 10.0 Å². The quantitative estimate of drug-likeness (QED) is 0.492. The Morgan fingerprint density at radius 3 is 2.30 bits per heavy atom. The lowest BCUT2D eigenvalue weighted by molar-refractivity contribution is 0.101. The van der Waals surface area contributed by atoms with Crippen molar-refractivity contribution >= 4 is 26.6 Å². The summed E-state index contributed by atoms with van der Waals surface area (Å²) in [6.07, 6.45) is 1.94. The van der Waals surface area contributed by atoms with Gasteiger partial charge in [0.15, 0.2) is 5.78 Å². The minimum Gasteiger partial charge on any atom is -0.289 e. The van der Waals surface area contributed by atoms with Crippen molar-refractivity contribution in [2.24, 2.45) is 5.41 Å². The average molecular weight is 456 g/mol. The number of rotatable bonds is 4. The molecule has 3 aromatic carbocycles. The van der Waals surface area contributed by atoms with Crippen LogP contribution in [0.15, 0.2) is 93.9 Å². The molecule has 0 N–H and O–H groups in total. The summed E-state index contributed by atoms with van der Waals surface area (Å²) in [5, 5.41) is 1.99. The molecule has 1 fully saturated rings. The first-order valence-corrected chi connectivity index (χ1v) is 12.8. The molecule has 6 rings (SSSR count). The van der Waals surface area contributed by atoms with Gasteiger partial charge in [-0.1, -0.05) is 65.7 Å². The summed E-state index contributed by atoms with van der Waals surface area (Å²) < 4.78 is 28.4. The Bertz CT molecular complexity index is 1500. The highest BCUT2D eigenvalue weighted by Crippen LogP contribution is 2.69. The smallest absolute Gasteiger partial charge is 0.243 e. The normalized spacial score (nSPS) is 19.6. The molecule has 0 unspecified atom stereocenters. The van der Waals surface area contributed by atoms with Gasteiger partial charge in [0.25, 0.3) is 0 Å². The molecule has 3 aliphatic rings. The molecule has 1 aliphatic heterocycles. The van der Waals surface area contributed by atoms with Gasteiger partial charge in [-0.2, -0.15) is 4.31 Å². The van der Waals surface area contributed by atoms with Crippen molar-refractivity contribution in [1.29, 1.82) is 0 Å². The minimum absolute atomic E-state index is 0.0467. The predicted molar refractivity (Wildman–Crippen MR) is 130 cm³/mol. The van der Waals surface area contributed by atoms with Crippen LogP contribution < -0.4 is 0 Å². The molecule has 0 atom stereocenters. The number of fused-ring (bicyclic) bond motifs is 3. The number of allylic oxidation sites excluding steroid dienone is 1. The third kappa shape index (κ3) is 2.92. The Morgan fingerprint density at radius 2 is 1.58 bits per heavy atom. The van der Waals surface area contributed by atoms with E-state index in [-0.39, 0.29) is 17.7 Å². The maximum atomic E-state index is 13.9. The van der Waals surface area contributed by atoms with Gasteiger partial charge in [0.05, 0.1) is 4.90 Å². The number of sulfonamides is 1. The fraction of sp³-hybridized carbons (Fsp3) is 0.250. The molecule has 1 heterocycles. The van der Waals surface area contributed by atoms with Crippen LogP contribution in [0.5, 0.6) is 0 Å². The summed E-state index contributed by atoms with van der Waals surface area (Å²) in [4.78, 5) is 14.2. The molecule has 0 radical (unpaired) electrons. The Morgan fingerprint density at radius 1 is 0.879 bits per heavy atom. The van der Waals surface area contributed by atoms with E-state index in [0.717, 1.165) is 45.9 Å². The fourth-order valence-electron chi connectivity index (χ4n) is 5.73. The average Bonchev–Trinajstić information content (AvgIpc) is 3.61. The number of Topliss-reactive ketones (excluding diaryl/α,β-unsaturated/α-hetero) is 1. The number of nitrogens with zero attached hydrogens (tertiary/aromatic N) is 1. The molecule has 1 spiro atoms. The molecule has 2 aliphatic carbocycles. The van der Waals surface area contributed by atoms with Crippen LogP contribution in [0, 0.1) is 12.3 Å². The van der Waals surface area contributed by atoms with E-state index >= 15 is 0 Å². The van der Waals surface area contributed by atoms with Gasteiger partial charge in [-0.25, -0.2) is 8.42 Å². The molecule has 0 aromatic heterocycles. The number of carbonyl (C=O) groups is 1.